The molecule has 0 unspecified atom stereocenters. The van der Waals surface area contributed by atoms with Gasteiger partial charge in [-0.15, -0.1) is 11.3 Å². The number of rotatable bonds is 3. The molecule has 0 aliphatic carbocycles. The number of anilines is 1. The van der Waals surface area contributed by atoms with Gasteiger partial charge in [0.15, 0.2) is 4.34 Å². The summed E-state index contributed by atoms with van der Waals surface area (Å²) in [7, 11) is 0. The van der Waals surface area contributed by atoms with Gasteiger partial charge in [0.2, 0.25) is 5.95 Å². The standard InChI is InChI=1S/C10H9N5S3/c1-2-5-3-6-7(16-5)14-9(11)15-8(6)17-10-12-4-13-18-10/h3-4H,2H2,1H3,(H2,11,14,15). The predicted octanol–water partition coefficient (Wildman–Crippen LogP) is 2.84. The second kappa shape index (κ2) is 4.79. The van der Waals surface area contributed by atoms with E-state index < -0.39 is 0 Å². The molecular weight excluding hydrogens is 286 g/mol. The predicted molar refractivity (Wildman–Crippen MR) is 75.2 cm³/mol. The summed E-state index contributed by atoms with van der Waals surface area (Å²) in [5, 5.41) is 1.90. The van der Waals surface area contributed by atoms with Crippen molar-refractivity contribution >= 4 is 50.8 Å². The van der Waals surface area contributed by atoms with Crippen molar-refractivity contribution in [3.8, 4) is 0 Å². The Hall–Kier alpha value is -1.25. The Labute approximate surface area is 116 Å². The molecule has 3 aromatic heterocycles. The van der Waals surface area contributed by atoms with Crippen LogP contribution < -0.4 is 5.73 Å². The van der Waals surface area contributed by atoms with Crippen molar-refractivity contribution in [1.29, 1.82) is 0 Å². The molecule has 3 heterocycles. The van der Waals surface area contributed by atoms with Crippen molar-refractivity contribution < 1.29 is 0 Å². The number of nitrogen functional groups attached to an aromatic ring is 1. The average molecular weight is 295 g/mol. The highest BCUT2D eigenvalue weighted by atomic mass is 32.2. The van der Waals surface area contributed by atoms with Crippen LogP contribution in [0.1, 0.15) is 11.8 Å². The first-order valence-electron chi connectivity index (χ1n) is 5.26. The lowest BCUT2D eigenvalue weighted by molar-refractivity contribution is 1.12. The van der Waals surface area contributed by atoms with Gasteiger partial charge in [0.05, 0.1) is 0 Å². The van der Waals surface area contributed by atoms with Gasteiger partial charge in [-0.3, -0.25) is 0 Å². The molecule has 8 heteroatoms. The first-order chi connectivity index (χ1) is 8.76. The summed E-state index contributed by atoms with van der Waals surface area (Å²) in [4.78, 5) is 14.9. The Morgan fingerprint density at radius 1 is 1.39 bits per heavy atom. The molecule has 0 atom stereocenters. The molecule has 5 nitrogen and oxygen atoms in total. The van der Waals surface area contributed by atoms with E-state index in [1.807, 2.05) is 0 Å². The Balaban J connectivity index is 2.11. The van der Waals surface area contributed by atoms with Crippen molar-refractivity contribution in [2.75, 3.05) is 5.73 Å². The lowest BCUT2D eigenvalue weighted by atomic mass is 10.3. The molecule has 2 N–H and O–H groups in total. The van der Waals surface area contributed by atoms with Gasteiger partial charge in [-0.25, -0.2) is 15.0 Å². The van der Waals surface area contributed by atoms with Crippen LogP contribution in [0.5, 0.6) is 0 Å². The molecule has 0 fully saturated rings. The SMILES string of the molecule is CCc1cc2c(Sc3ncns3)nc(N)nc2s1. The maximum absolute atomic E-state index is 5.74. The van der Waals surface area contributed by atoms with Crippen LogP contribution in [-0.2, 0) is 6.42 Å². The van der Waals surface area contributed by atoms with Gasteiger partial charge < -0.3 is 5.73 Å². The first-order valence-corrected chi connectivity index (χ1v) is 7.67. The Morgan fingerprint density at radius 3 is 3.00 bits per heavy atom. The molecule has 0 radical (unpaired) electrons. The van der Waals surface area contributed by atoms with Crippen LogP contribution in [0.2, 0.25) is 0 Å². The van der Waals surface area contributed by atoms with E-state index in [1.54, 1.807) is 17.7 Å². The molecular formula is C10H9N5S3. The zero-order valence-electron chi connectivity index (χ0n) is 9.45. The smallest absolute Gasteiger partial charge is 0.222 e. The van der Waals surface area contributed by atoms with Gasteiger partial charge in [-0.1, -0.05) is 6.92 Å². The second-order valence-corrected chi connectivity index (χ2v) is 6.61. The van der Waals surface area contributed by atoms with Crippen molar-refractivity contribution in [3.63, 3.8) is 0 Å². The molecule has 0 saturated heterocycles. The fourth-order valence-corrected chi connectivity index (χ4v) is 4.01. The van der Waals surface area contributed by atoms with E-state index in [0.717, 1.165) is 26.0 Å². The molecule has 0 spiro atoms. The molecule has 3 aromatic rings. The van der Waals surface area contributed by atoms with Crippen LogP contribution in [0.3, 0.4) is 0 Å². The van der Waals surface area contributed by atoms with E-state index in [-0.39, 0.29) is 0 Å². The second-order valence-electron chi connectivity index (χ2n) is 3.48. The van der Waals surface area contributed by atoms with Crippen LogP contribution >= 0.6 is 34.6 Å². The van der Waals surface area contributed by atoms with E-state index >= 15 is 0 Å². The fourth-order valence-electron chi connectivity index (χ4n) is 1.50. The average Bonchev–Trinajstić information content (AvgIpc) is 2.97. The van der Waals surface area contributed by atoms with E-state index in [4.69, 9.17) is 5.73 Å². The summed E-state index contributed by atoms with van der Waals surface area (Å²) in [6, 6.07) is 2.13. The normalized spacial score (nSPS) is 11.2. The Morgan fingerprint density at radius 2 is 2.28 bits per heavy atom. The lowest BCUT2D eigenvalue weighted by Crippen LogP contribution is -1.95. The molecule has 92 valence electrons. The number of hydrogen-bond donors (Lipinski definition) is 1. The van der Waals surface area contributed by atoms with Crippen molar-refractivity contribution in [2.24, 2.45) is 0 Å². The van der Waals surface area contributed by atoms with E-state index in [9.17, 15) is 0 Å². The van der Waals surface area contributed by atoms with Gasteiger partial charge in [-0.05, 0) is 35.8 Å². The molecule has 0 bridgehead atoms. The highest BCUT2D eigenvalue weighted by Crippen LogP contribution is 2.35. The minimum absolute atomic E-state index is 0.305. The minimum Gasteiger partial charge on any atom is -0.368 e. The molecule has 0 aromatic carbocycles. The summed E-state index contributed by atoms with van der Waals surface area (Å²) in [5.41, 5.74) is 5.74. The monoisotopic (exact) mass is 295 g/mol. The number of nitrogens with zero attached hydrogens (tertiary/aromatic N) is 4. The summed E-state index contributed by atoms with van der Waals surface area (Å²) in [6.07, 6.45) is 2.53. The van der Waals surface area contributed by atoms with Crippen molar-refractivity contribution in [1.82, 2.24) is 19.3 Å². The molecule has 0 aliphatic heterocycles. The van der Waals surface area contributed by atoms with Crippen LogP contribution in [-0.4, -0.2) is 19.3 Å². The largest absolute Gasteiger partial charge is 0.368 e. The van der Waals surface area contributed by atoms with Crippen LogP contribution in [0.25, 0.3) is 10.2 Å². The molecule has 18 heavy (non-hydrogen) atoms. The molecule has 0 amide bonds. The fraction of sp³-hybridized carbons (Fsp3) is 0.200. The number of aryl methyl sites for hydroxylation is 1. The van der Waals surface area contributed by atoms with Crippen LogP contribution in [0, 0.1) is 0 Å². The van der Waals surface area contributed by atoms with Gasteiger partial charge in [0.25, 0.3) is 0 Å². The molecule has 0 aliphatic rings. The van der Waals surface area contributed by atoms with Gasteiger partial charge >= 0.3 is 0 Å². The highest BCUT2D eigenvalue weighted by Gasteiger charge is 2.12. The first kappa shape index (κ1) is 11.8. The topological polar surface area (TPSA) is 77.6 Å². The number of thiophene rings is 1. The zero-order chi connectivity index (χ0) is 12.5. The van der Waals surface area contributed by atoms with Gasteiger partial charge in [-0.2, -0.15) is 4.37 Å². The number of hydrogen-bond acceptors (Lipinski definition) is 8. The van der Waals surface area contributed by atoms with E-state index in [2.05, 4.69) is 32.3 Å². The number of aromatic nitrogens is 4. The number of fused-ring (bicyclic) bond motifs is 1. The lowest BCUT2D eigenvalue weighted by Gasteiger charge is -1.99. The Bertz CT molecular complexity index is 676. The maximum Gasteiger partial charge on any atom is 0.222 e. The summed E-state index contributed by atoms with van der Waals surface area (Å²) in [6.45, 7) is 2.12. The molecule has 3 rings (SSSR count). The maximum atomic E-state index is 5.74. The minimum atomic E-state index is 0.305. The third kappa shape index (κ3) is 2.18. The van der Waals surface area contributed by atoms with Gasteiger partial charge in [0.1, 0.15) is 16.2 Å². The van der Waals surface area contributed by atoms with Crippen LogP contribution in [0.4, 0.5) is 5.95 Å². The highest BCUT2D eigenvalue weighted by molar-refractivity contribution is 8.01. The van der Waals surface area contributed by atoms with Crippen LogP contribution in [0.15, 0.2) is 21.8 Å². The van der Waals surface area contributed by atoms with Crippen molar-refractivity contribution in [2.45, 2.75) is 22.7 Å². The summed E-state index contributed by atoms with van der Waals surface area (Å²) in [5.74, 6) is 0.305. The van der Waals surface area contributed by atoms with Gasteiger partial charge in [0, 0.05) is 10.3 Å². The van der Waals surface area contributed by atoms with Crippen molar-refractivity contribution in [3.05, 3.63) is 17.3 Å². The van der Waals surface area contributed by atoms with E-state index in [1.165, 1.54) is 28.2 Å². The summed E-state index contributed by atoms with van der Waals surface area (Å²) < 4.78 is 4.84. The third-order valence-electron chi connectivity index (χ3n) is 2.30. The van der Waals surface area contributed by atoms with E-state index in [0.29, 0.717) is 5.95 Å². The molecule has 0 saturated carbocycles. The Kier molecular flexibility index (Phi) is 3.14. The number of nitrogens with two attached hydrogens (primary N) is 1. The third-order valence-corrected chi connectivity index (χ3v) is 5.19. The quantitative estimate of drug-likeness (QED) is 0.749. The zero-order valence-corrected chi connectivity index (χ0v) is 11.9. The summed E-state index contributed by atoms with van der Waals surface area (Å²) >= 11 is 4.49.